The fourth-order valence-electron chi connectivity index (χ4n) is 4.75. The lowest BCUT2D eigenvalue weighted by Crippen LogP contribution is -2.31. The van der Waals surface area contributed by atoms with Gasteiger partial charge in [0.2, 0.25) is 0 Å². The first-order valence-electron chi connectivity index (χ1n) is 10.1. The molecule has 2 aromatic carbocycles. The Hall–Kier alpha value is -2.44. The highest BCUT2D eigenvalue weighted by Crippen LogP contribution is 2.53. The van der Waals surface area contributed by atoms with Crippen LogP contribution in [-0.2, 0) is 19.4 Å². The van der Waals surface area contributed by atoms with E-state index in [1.165, 1.54) is 0 Å². The Labute approximate surface area is 172 Å². The van der Waals surface area contributed by atoms with Gasteiger partial charge in [0.1, 0.15) is 0 Å². The van der Waals surface area contributed by atoms with E-state index in [4.69, 9.17) is 9.47 Å². The number of likely N-dealkylation sites (N-methyl/N-ethyl adjacent to an activating group) is 2. The van der Waals surface area contributed by atoms with Gasteiger partial charge in [-0.3, -0.25) is 4.90 Å². The molecule has 6 nitrogen and oxygen atoms in total. The van der Waals surface area contributed by atoms with Gasteiger partial charge in [0.25, 0.3) is 0 Å². The number of phenols is 2. The summed E-state index contributed by atoms with van der Waals surface area (Å²) < 4.78 is 11.0. The number of hydrogen-bond donors (Lipinski definition) is 2. The minimum Gasteiger partial charge on any atom is -0.504 e. The van der Waals surface area contributed by atoms with E-state index in [-0.39, 0.29) is 17.5 Å². The van der Waals surface area contributed by atoms with Gasteiger partial charge in [0.15, 0.2) is 23.0 Å². The average Bonchev–Trinajstić information content (AvgIpc) is 2.71. The molecular formula is C23H30N2O4. The largest absolute Gasteiger partial charge is 0.504 e. The van der Waals surface area contributed by atoms with E-state index in [2.05, 4.69) is 30.8 Å². The first-order chi connectivity index (χ1) is 13.9. The molecule has 0 radical (unpaired) electrons. The molecule has 0 aromatic heterocycles. The molecule has 2 heterocycles. The summed E-state index contributed by atoms with van der Waals surface area (Å²) in [4.78, 5) is 4.50. The monoisotopic (exact) mass is 398 g/mol. The lowest BCUT2D eigenvalue weighted by Gasteiger charge is -2.36. The van der Waals surface area contributed by atoms with Gasteiger partial charge < -0.3 is 24.6 Å². The maximum Gasteiger partial charge on any atom is 0.166 e. The minimum atomic E-state index is 0.0763. The normalized spacial score (nSPS) is 19.6. The molecule has 0 saturated heterocycles. The Balaban J connectivity index is 2.10. The first-order valence-corrected chi connectivity index (χ1v) is 10.1. The van der Waals surface area contributed by atoms with Crippen molar-refractivity contribution in [3.63, 3.8) is 0 Å². The average molecular weight is 399 g/mol. The maximum atomic E-state index is 11.2. The number of fused-ring (bicyclic) bond motifs is 2. The zero-order chi connectivity index (χ0) is 20.9. The van der Waals surface area contributed by atoms with E-state index in [0.717, 1.165) is 48.2 Å². The van der Waals surface area contributed by atoms with Crippen LogP contribution in [0.1, 0.15) is 35.2 Å². The predicted molar refractivity (Wildman–Crippen MR) is 113 cm³/mol. The second-order valence-corrected chi connectivity index (χ2v) is 8.21. The quantitative estimate of drug-likeness (QED) is 0.827. The molecule has 0 aliphatic carbocycles. The van der Waals surface area contributed by atoms with Crippen LogP contribution in [0.5, 0.6) is 23.0 Å². The van der Waals surface area contributed by atoms with Crippen molar-refractivity contribution in [3.05, 3.63) is 34.4 Å². The van der Waals surface area contributed by atoms with Gasteiger partial charge in [-0.1, -0.05) is 0 Å². The molecule has 2 aliphatic rings. The highest BCUT2D eigenvalue weighted by molar-refractivity contribution is 5.87. The lowest BCUT2D eigenvalue weighted by molar-refractivity contribution is 0.246. The van der Waals surface area contributed by atoms with Crippen LogP contribution < -0.4 is 9.47 Å². The van der Waals surface area contributed by atoms with Crippen molar-refractivity contribution in [2.24, 2.45) is 0 Å². The molecule has 2 aliphatic heterocycles. The zero-order valence-corrected chi connectivity index (χ0v) is 17.9. The van der Waals surface area contributed by atoms with Crippen LogP contribution in [0.15, 0.2) is 12.1 Å². The van der Waals surface area contributed by atoms with Gasteiger partial charge in [0, 0.05) is 36.8 Å². The third-order valence-electron chi connectivity index (χ3n) is 6.55. The lowest BCUT2D eigenvalue weighted by atomic mass is 9.82. The molecule has 0 amide bonds. The summed E-state index contributed by atoms with van der Waals surface area (Å²) in [5, 5.41) is 22.5. The highest BCUT2D eigenvalue weighted by atomic mass is 16.5. The third-order valence-corrected chi connectivity index (χ3v) is 6.55. The van der Waals surface area contributed by atoms with E-state index in [1.807, 2.05) is 12.1 Å². The molecule has 156 valence electrons. The van der Waals surface area contributed by atoms with Crippen molar-refractivity contribution in [1.82, 2.24) is 9.80 Å². The van der Waals surface area contributed by atoms with Gasteiger partial charge in [-0.15, -0.1) is 0 Å². The van der Waals surface area contributed by atoms with Crippen LogP contribution in [0.25, 0.3) is 11.1 Å². The third kappa shape index (κ3) is 3.11. The zero-order valence-electron chi connectivity index (χ0n) is 17.9. The van der Waals surface area contributed by atoms with E-state index in [0.29, 0.717) is 29.2 Å². The predicted octanol–water partition coefficient (Wildman–Crippen LogP) is 3.32. The molecule has 0 bridgehead atoms. The standard InChI is InChI=1S/C23H30N2O4/c1-13-19-15(7-9-25(13)3)11-18(29-5)23(27)21(19)20-16-12-24(2)8-6-14(16)10-17(28-4)22(20)26/h10-11,13,26-27H,6-9,12H2,1-5H3. The second-order valence-electron chi connectivity index (χ2n) is 8.21. The van der Waals surface area contributed by atoms with E-state index >= 15 is 0 Å². The van der Waals surface area contributed by atoms with Crippen LogP contribution in [-0.4, -0.2) is 61.4 Å². The summed E-state index contributed by atoms with van der Waals surface area (Å²) in [6, 6.07) is 3.97. The molecular weight excluding hydrogens is 368 g/mol. The van der Waals surface area contributed by atoms with Crippen LogP contribution in [0.3, 0.4) is 0 Å². The number of phenolic OH excluding ortho intramolecular Hbond substituents is 2. The molecule has 0 fully saturated rings. The van der Waals surface area contributed by atoms with Crippen molar-refractivity contribution in [2.75, 3.05) is 41.4 Å². The smallest absolute Gasteiger partial charge is 0.166 e. The molecule has 0 saturated carbocycles. The molecule has 29 heavy (non-hydrogen) atoms. The topological polar surface area (TPSA) is 65.4 Å². The molecule has 0 spiro atoms. The van der Waals surface area contributed by atoms with Crippen molar-refractivity contribution >= 4 is 0 Å². The highest BCUT2D eigenvalue weighted by Gasteiger charge is 2.33. The number of ether oxygens (including phenoxy) is 2. The summed E-state index contributed by atoms with van der Waals surface area (Å²) in [7, 11) is 7.30. The fraction of sp³-hybridized carbons (Fsp3) is 0.478. The number of methoxy groups -OCH3 is 2. The Morgan fingerprint density at radius 1 is 0.897 bits per heavy atom. The number of hydrogen-bond acceptors (Lipinski definition) is 6. The molecule has 1 atom stereocenters. The van der Waals surface area contributed by atoms with Crippen LogP contribution >= 0.6 is 0 Å². The summed E-state index contributed by atoms with van der Waals surface area (Å²) in [5.41, 5.74) is 5.74. The Bertz CT molecular complexity index is 957. The fourth-order valence-corrected chi connectivity index (χ4v) is 4.75. The van der Waals surface area contributed by atoms with Crippen molar-refractivity contribution < 1.29 is 19.7 Å². The van der Waals surface area contributed by atoms with Crippen LogP contribution in [0.2, 0.25) is 0 Å². The van der Waals surface area contributed by atoms with Crippen molar-refractivity contribution in [2.45, 2.75) is 32.4 Å². The molecule has 1 unspecified atom stereocenters. The van der Waals surface area contributed by atoms with Crippen LogP contribution in [0.4, 0.5) is 0 Å². The first kappa shape index (κ1) is 19.9. The minimum absolute atomic E-state index is 0.0763. The summed E-state index contributed by atoms with van der Waals surface area (Å²) in [6.45, 7) is 4.73. The molecule has 4 rings (SSSR count). The van der Waals surface area contributed by atoms with Crippen molar-refractivity contribution in [1.29, 1.82) is 0 Å². The Morgan fingerprint density at radius 3 is 2.14 bits per heavy atom. The number of benzene rings is 2. The van der Waals surface area contributed by atoms with Gasteiger partial charge in [0.05, 0.1) is 14.2 Å². The summed E-state index contributed by atoms with van der Waals surface area (Å²) in [6.07, 6.45) is 1.74. The second kappa shape index (κ2) is 7.43. The van der Waals surface area contributed by atoms with Gasteiger partial charge >= 0.3 is 0 Å². The van der Waals surface area contributed by atoms with Gasteiger partial charge in [-0.05, 0) is 68.2 Å². The van der Waals surface area contributed by atoms with Gasteiger partial charge in [-0.2, -0.15) is 0 Å². The maximum absolute atomic E-state index is 11.2. The number of nitrogens with zero attached hydrogens (tertiary/aromatic N) is 2. The van der Waals surface area contributed by atoms with Crippen LogP contribution in [0, 0.1) is 0 Å². The Kier molecular flexibility index (Phi) is 5.09. The molecule has 2 aromatic rings. The van der Waals surface area contributed by atoms with Crippen molar-refractivity contribution in [3.8, 4) is 34.1 Å². The number of rotatable bonds is 3. The van der Waals surface area contributed by atoms with Gasteiger partial charge in [-0.25, -0.2) is 0 Å². The van der Waals surface area contributed by atoms with E-state index < -0.39 is 0 Å². The number of aromatic hydroxyl groups is 2. The molecule has 6 heteroatoms. The molecule has 2 N–H and O–H groups in total. The summed E-state index contributed by atoms with van der Waals surface area (Å²) >= 11 is 0. The SMILES string of the molecule is COc1cc2c(c(-c3c(O)c(OC)cc4c3C(C)N(C)CC4)c1O)CN(C)CC2. The summed E-state index contributed by atoms with van der Waals surface area (Å²) in [5.74, 6) is 1.03. The Morgan fingerprint density at radius 2 is 1.48 bits per heavy atom. The van der Waals surface area contributed by atoms with E-state index in [1.54, 1.807) is 14.2 Å². The van der Waals surface area contributed by atoms with E-state index in [9.17, 15) is 10.2 Å².